The largest absolute Gasteiger partial charge is 0.338 e. The van der Waals surface area contributed by atoms with Crippen molar-refractivity contribution in [1.29, 1.82) is 0 Å². The van der Waals surface area contributed by atoms with Crippen molar-refractivity contribution in [2.45, 2.75) is 208 Å². The van der Waals surface area contributed by atoms with E-state index in [1.165, 1.54) is 248 Å². The van der Waals surface area contributed by atoms with Gasteiger partial charge >= 0.3 is 0 Å². The maximum absolute atomic E-state index is 5.28. The van der Waals surface area contributed by atoms with Gasteiger partial charge in [-0.3, -0.25) is 19.9 Å². The highest BCUT2D eigenvalue weighted by atomic mass is 32.1. The van der Waals surface area contributed by atoms with E-state index in [1.807, 2.05) is 70.1 Å². The van der Waals surface area contributed by atoms with Gasteiger partial charge in [0, 0.05) is 82.3 Å². The number of nitrogens with zero attached hydrogens (tertiary/aromatic N) is 8. The maximum Gasteiger partial charge on any atom is 0.100 e. The van der Waals surface area contributed by atoms with E-state index in [4.69, 9.17) is 19.9 Å². The van der Waals surface area contributed by atoms with Crippen molar-refractivity contribution in [2.75, 3.05) is 0 Å². The molecule has 12 aromatic rings. The third kappa shape index (κ3) is 9.36. The molecule has 0 bridgehead atoms. The van der Waals surface area contributed by atoms with E-state index in [1.54, 1.807) is 0 Å². The Labute approximate surface area is 464 Å². The number of aryl methyl sites for hydroxylation is 4. The van der Waals surface area contributed by atoms with Crippen LogP contribution in [0.3, 0.4) is 0 Å². The number of aromatic nitrogens is 8. The Hall–Kier alpha value is -4.88. The standard InChI is InChI=1S/C64H78N8S4/c1-5-9-13-17-21-25-35-69-43-29-39-73-61(43)49-53-55(67-33-31-65-53)51-59(57(49)69)71(37-27-23-19-15-11-7-3)45-41-47(75-63(45)51)48-42-46-64(76-48)52-56-54(66-32-34-68-56)50-58(60(52)72(46)38-28-24-20-16-12-8-4)70(44-30-40-74-62(44)50)36-26-22-18-14-10-6-2/h29-34,39-42H,5-28,35-38H2,1-4H3. The van der Waals surface area contributed by atoms with Crippen molar-refractivity contribution in [3.8, 4) is 9.75 Å². The highest BCUT2D eigenvalue weighted by Gasteiger charge is 2.30. The molecule has 0 fully saturated rings. The van der Waals surface area contributed by atoms with Crippen molar-refractivity contribution in [3.05, 3.63) is 59.8 Å². The lowest BCUT2D eigenvalue weighted by molar-refractivity contribution is 0.567. The second kappa shape index (κ2) is 23.6. The molecule has 0 saturated heterocycles. The molecule has 8 nitrogen and oxygen atoms in total. The van der Waals surface area contributed by atoms with E-state index in [-0.39, 0.29) is 0 Å². The Morgan fingerprint density at radius 3 is 0.921 bits per heavy atom. The van der Waals surface area contributed by atoms with Crippen molar-refractivity contribution in [1.82, 2.24) is 38.2 Å². The molecule has 0 N–H and O–H groups in total. The van der Waals surface area contributed by atoms with Gasteiger partial charge in [-0.05, 0) is 60.7 Å². The lowest BCUT2D eigenvalue weighted by atomic mass is 10.1. The molecule has 10 aromatic heterocycles. The van der Waals surface area contributed by atoms with Gasteiger partial charge in [0.25, 0.3) is 0 Å². The first kappa shape index (κ1) is 51.9. The van der Waals surface area contributed by atoms with Crippen LogP contribution in [-0.2, 0) is 26.2 Å². The van der Waals surface area contributed by atoms with Crippen LogP contribution in [-0.4, -0.2) is 38.2 Å². The van der Waals surface area contributed by atoms with Crippen LogP contribution >= 0.6 is 45.3 Å². The molecule has 398 valence electrons. The second-order valence-electron chi connectivity index (χ2n) is 22.0. The number of unbranched alkanes of at least 4 members (excludes halogenated alkanes) is 20. The molecular formula is C64H78N8S4. The van der Waals surface area contributed by atoms with Crippen LogP contribution in [0.25, 0.3) is 116 Å². The van der Waals surface area contributed by atoms with Gasteiger partial charge in [0.05, 0.1) is 62.9 Å². The lowest BCUT2D eigenvalue weighted by Gasteiger charge is -2.13. The quantitative estimate of drug-likeness (QED) is 0.0438. The SMILES string of the molecule is CCCCCCCCn1c2ccsc2c2c3nccnc3c3c4sc(-c5cc6c(s5)c5c7nccnc7c7c8sccc8n(CCCCCCCC)c7c5n6CCCCCCCC)cc4n(CCCCCCCC)c3c21. The Morgan fingerprint density at radius 2 is 0.605 bits per heavy atom. The molecule has 0 aliphatic rings. The highest BCUT2D eigenvalue weighted by Crippen LogP contribution is 2.52. The van der Waals surface area contributed by atoms with Crippen LogP contribution in [0, 0.1) is 0 Å². The summed E-state index contributed by atoms with van der Waals surface area (Å²) >= 11 is 7.71. The van der Waals surface area contributed by atoms with Gasteiger partial charge in [-0.25, -0.2) is 0 Å². The number of fused-ring (bicyclic) bond motifs is 20. The van der Waals surface area contributed by atoms with Crippen LogP contribution in [0.15, 0.2) is 59.8 Å². The predicted octanol–water partition coefficient (Wildman–Crippen LogP) is 21.4. The van der Waals surface area contributed by atoms with E-state index in [9.17, 15) is 0 Å². The summed E-state index contributed by atoms with van der Waals surface area (Å²) < 4.78 is 16.3. The first-order valence-corrected chi connectivity index (χ1v) is 33.2. The molecule has 0 spiro atoms. The van der Waals surface area contributed by atoms with Gasteiger partial charge in [0.15, 0.2) is 0 Å². The first-order valence-electron chi connectivity index (χ1n) is 29.8. The summed E-state index contributed by atoms with van der Waals surface area (Å²) in [5, 5.41) is 9.74. The van der Waals surface area contributed by atoms with Gasteiger partial charge in [0.2, 0.25) is 0 Å². The average Bonchev–Trinajstić information content (AvgIpc) is 4.52. The fourth-order valence-corrected chi connectivity index (χ4v) is 17.4. The summed E-state index contributed by atoms with van der Waals surface area (Å²) in [5.41, 5.74) is 15.1. The summed E-state index contributed by atoms with van der Waals surface area (Å²) in [7, 11) is 0. The first-order chi connectivity index (χ1) is 37.7. The fraction of sp³-hybridized carbons (Fsp3) is 0.500. The van der Waals surface area contributed by atoms with Crippen LogP contribution in [0.4, 0.5) is 0 Å². The molecule has 0 aliphatic carbocycles. The minimum atomic E-state index is 0.996. The molecule has 76 heavy (non-hydrogen) atoms. The van der Waals surface area contributed by atoms with E-state index in [0.717, 1.165) is 48.2 Å². The normalized spacial score (nSPS) is 12.6. The van der Waals surface area contributed by atoms with Crippen molar-refractivity contribution in [3.63, 3.8) is 0 Å². The molecular weight excluding hydrogens is 1010 g/mol. The third-order valence-corrected chi connectivity index (χ3v) is 21.1. The zero-order valence-electron chi connectivity index (χ0n) is 45.8. The van der Waals surface area contributed by atoms with Crippen molar-refractivity contribution in [2.24, 2.45) is 0 Å². The van der Waals surface area contributed by atoms with E-state index in [0.29, 0.717) is 0 Å². The Balaban J connectivity index is 1.05. The molecule has 0 aliphatic heterocycles. The summed E-state index contributed by atoms with van der Waals surface area (Å²) in [6.07, 6.45) is 38.3. The lowest BCUT2D eigenvalue weighted by Crippen LogP contribution is -2.03. The molecule has 0 amide bonds. The minimum absolute atomic E-state index is 0.996. The van der Waals surface area contributed by atoms with E-state index >= 15 is 0 Å². The number of hydrogen-bond donors (Lipinski definition) is 0. The minimum Gasteiger partial charge on any atom is -0.338 e. The number of thiophene rings is 4. The van der Waals surface area contributed by atoms with Crippen LogP contribution in [0.1, 0.15) is 182 Å². The van der Waals surface area contributed by atoms with Gasteiger partial charge in [-0.15, -0.1) is 45.3 Å². The Bertz CT molecular complexity index is 3680. The Morgan fingerprint density at radius 1 is 0.329 bits per heavy atom. The van der Waals surface area contributed by atoms with Gasteiger partial charge in [-0.2, -0.15) is 0 Å². The van der Waals surface area contributed by atoms with Gasteiger partial charge < -0.3 is 18.3 Å². The second-order valence-corrected chi connectivity index (χ2v) is 25.9. The summed E-state index contributed by atoms with van der Waals surface area (Å²) in [5.74, 6) is 0. The highest BCUT2D eigenvalue weighted by molar-refractivity contribution is 7.29. The zero-order valence-corrected chi connectivity index (χ0v) is 49.0. The maximum atomic E-state index is 5.28. The zero-order chi connectivity index (χ0) is 51.5. The molecule has 0 unspecified atom stereocenters. The monoisotopic (exact) mass is 1090 g/mol. The van der Waals surface area contributed by atoms with Gasteiger partial charge in [0.1, 0.15) is 22.1 Å². The molecule has 12 rings (SSSR count). The van der Waals surface area contributed by atoms with Crippen LogP contribution in [0.2, 0.25) is 0 Å². The Kier molecular flexibility index (Phi) is 16.1. The number of hydrogen-bond acceptors (Lipinski definition) is 8. The van der Waals surface area contributed by atoms with E-state index in [2.05, 4.69) is 81.0 Å². The summed E-state index contributed by atoms with van der Waals surface area (Å²) in [6, 6.07) is 9.86. The average molecular weight is 1090 g/mol. The molecule has 0 atom stereocenters. The predicted molar refractivity (Wildman–Crippen MR) is 335 cm³/mol. The van der Waals surface area contributed by atoms with Crippen LogP contribution in [0.5, 0.6) is 0 Å². The smallest absolute Gasteiger partial charge is 0.100 e. The molecule has 10 heterocycles. The molecule has 0 saturated carbocycles. The number of rotatable bonds is 29. The molecule has 0 radical (unpaired) electrons. The summed E-state index contributed by atoms with van der Waals surface area (Å²) in [6.45, 7) is 13.3. The van der Waals surface area contributed by atoms with Gasteiger partial charge in [-0.1, -0.05) is 156 Å². The third-order valence-electron chi connectivity index (χ3n) is 16.8. The van der Waals surface area contributed by atoms with Crippen molar-refractivity contribution >= 4 is 152 Å². The number of benzene rings is 2. The molecule has 12 heteroatoms. The molecule has 2 aromatic carbocycles. The van der Waals surface area contributed by atoms with Crippen molar-refractivity contribution < 1.29 is 0 Å². The topological polar surface area (TPSA) is 71.3 Å². The fourth-order valence-electron chi connectivity index (χ4n) is 13.0. The van der Waals surface area contributed by atoms with Crippen LogP contribution < -0.4 is 0 Å². The van der Waals surface area contributed by atoms with E-state index < -0.39 is 0 Å². The summed E-state index contributed by atoms with van der Waals surface area (Å²) in [4.78, 5) is 23.7.